The minimum atomic E-state index is 0.705. The first-order valence-corrected chi connectivity index (χ1v) is 10.0. The molecule has 1 unspecified atom stereocenters. The smallest absolute Gasteiger partial charge is 0.0235 e. The van der Waals surface area contributed by atoms with Crippen molar-refractivity contribution in [2.24, 2.45) is 29.1 Å². The van der Waals surface area contributed by atoms with Gasteiger partial charge in [-0.3, -0.25) is 9.80 Å². The van der Waals surface area contributed by atoms with Crippen LogP contribution in [0.5, 0.6) is 0 Å². The van der Waals surface area contributed by atoms with Crippen LogP contribution in [-0.4, -0.2) is 42.0 Å². The molecule has 2 heteroatoms. The lowest BCUT2D eigenvalue weighted by Crippen LogP contribution is -2.48. The minimum Gasteiger partial charge on any atom is -0.298 e. The lowest BCUT2D eigenvalue weighted by atomic mass is 9.52. The van der Waals surface area contributed by atoms with E-state index in [1.54, 1.807) is 0 Å². The average Bonchev–Trinajstić information content (AvgIpc) is 3.16. The van der Waals surface area contributed by atoms with E-state index in [2.05, 4.69) is 52.3 Å². The molecule has 4 fully saturated rings. The maximum absolute atomic E-state index is 2.88. The first-order chi connectivity index (χ1) is 11.8. The number of likely N-dealkylation sites (tertiary alicyclic amines) is 2. The third kappa shape index (κ3) is 1.79. The molecule has 1 aromatic rings. The number of rotatable bonds is 3. The van der Waals surface area contributed by atoms with E-state index < -0.39 is 0 Å². The van der Waals surface area contributed by atoms with Gasteiger partial charge in [0.2, 0.25) is 0 Å². The molecule has 6 rings (SSSR count). The van der Waals surface area contributed by atoms with Gasteiger partial charge >= 0.3 is 0 Å². The van der Waals surface area contributed by atoms with Crippen molar-refractivity contribution in [2.45, 2.75) is 31.8 Å². The van der Waals surface area contributed by atoms with Crippen molar-refractivity contribution in [2.75, 3.05) is 26.2 Å². The van der Waals surface area contributed by atoms with Crippen molar-refractivity contribution in [1.82, 2.24) is 9.80 Å². The van der Waals surface area contributed by atoms with E-state index in [0.29, 0.717) is 5.41 Å². The van der Waals surface area contributed by atoms with Crippen LogP contribution in [0.15, 0.2) is 42.5 Å². The van der Waals surface area contributed by atoms with Crippen LogP contribution < -0.4 is 0 Å². The molecule has 24 heavy (non-hydrogen) atoms. The Hall–Kier alpha value is -1.12. The quantitative estimate of drug-likeness (QED) is 0.788. The molecule has 0 aromatic heterocycles. The highest BCUT2D eigenvalue weighted by molar-refractivity contribution is 5.32. The molecule has 2 saturated carbocycles. The molecule has 0 amide bonds. The predicted octanol–water partition coefficient (Wildman–Crippen LogP) is 3.40. The summed E-state index contributed by atoms with van der Waals surface area (Å²) < 4.78 is 0. The molecule has 6 atom stereocenters. The van der Waals surface area contributed by atoms with Crippen molar-refractivity contribution in [3.8, 4) is 0 Å². The summed E-state index contributed by atoms with van der Waals surface area (Å²) >= 11 is 0. The van der Waals surface area contributed by atoms with Crippen molar-refractivity contribution in [3.63, 3.8) is 0 Å². The van der Waals surface area contributed by atoms with E-state index >= 15 is 0 Å². The van der Waals surface area contributed by atoms with Gasteiger partial charge in [0.15, 0.2) is 0 Å². The molecule has 2 nitrogen and oxygen atoms in total. The number of nitrogens with zero attached hydrogens (tertiary/aromatic N) is 2. The second-order valence-corrected chi connectivity index (χ2v) is 9.09. The Balaban J connectivity index is 1.11. The van der Waals surface area contributed by atoms with E-state index in [-0.39, 0.29) is 0 Å². The van der Waals surface area contributed by atoms with Gasteiger partial charge in [0, 0.05) is 38.8 Å². The molecule has 126 valence electrons. The third-order valence-corrected chi connectivity index (χ3v) is 8.24. The number of fused-ring (bicyclic) bond motifs is 3. The van der Waals surface area contributed by atoms with Gasteiger partial charge in [0.1, 0.15) is 0 Å². The average molecular weight is 320 g/mol. The molecule has 3 aliphatic carbocycles. The van der Waals surface area contributed by atoms with Gasteiger partial charge in [0.25, 0.3) is 0 Å². The second kappa shape index (κ2) is 4.95. The lowest BCUT2D eigenvalue weighted by Gasteiger charge is -2.53. The first-order valence-electron chi connectivity index (χ1n) is 10.0. The summed E-state index contributed by atoms with van der Waals surface area (Å²) in [7, 11) is 0. The number of allylic oxidation sites excluding steroid dienone is 2. The van der Waals surface area contributed by atoms with Gasteiger partial charge in [-0.25, -0.2) is 0 Å². The Labute approximate surface area is 145 Å². The maximum Gasteiger partial charge on any atom is 0.0235 e. The summed E-state index contributed by atoms with van der Waals surface area (Å²) in [6, 6.07) is 11.8. The van der Waals surface area contributed by atoms with Gasteiger partial charge in [-0.1, -0.05) is 42.5 Å². The van der Waals surface area contributed by atoms with Crippen LogP contribution in [0, 0.1) is 29.1 Å². The third-order valence-electron chi connectivity index (χ3n) is 8.24. The van der Waals surface area contributed by atoms with E-state index in [1.807, 2.05) is 0 Å². The first kappa shape index (κ1) is 14.1. The summed E-state index contributed by atoms with van der Waals surface area (Å²) in [5.41, 5.74) is 2.17. The van der Waals surface area contributed by atoms with Crippen LogP contribution >= 0.6 is 0 Å². The van der Waals surface area contributed by atoms with E-state index in [0.717, 1.165) is 36.3 Å². The molecule has 0 bridgehead atoms. The Morgan fingerprint density at radius 2 is 1.88 bits per heavy atom. The summed E-state index contributed by atoms with van der Waals surface area (Å²) in [6.45, 7) is 6.49. The monoisotopic (exact) mass is 320 g/mol. The van der Waals surface area contributed by atoms with Crippen LogP contribution in [0.1, 0.15) is 24.8 Å². The predicted molar refractivity (Wildman–Crippen MR) is 96.5 cm³/mol. The van der Waals surface area contributed by atoms with Crippen LogP contribution in [0.25, 0.3) is 0 Å². The fraction of sp³-hybridized carbons (Fsp3) is 0.636. The normalized spacial score (nSPS) is 46.2. The molecule has 2 saturated heterocycles. The standard InChI is InChI=1S/C22H28N2/c1-2-4-16(5-3-1)12-23-11-8-17(13-23)24-14-18-19(15-24)21-7-10-22(21)9-6-20(18)22/h1-6,9,17-21H,7-8,10-15H2/t17-,18+,19-,20+,21+,22?/m1/s1. The molecule has 1 aromatic carbocycles. The summed E-state index contributed by atoms with van der Waals surface area (Å²) in [6.07, 6.45) is 9.55. The van der Waals surface area contributed by atoms with Gasteiger partial charge in [-0.05, 0) is 53.9 Å². The van der Waals surface area contributed by atoms with Gasteiger partial charge in [-0.2, -0.15) is 0 Å². The van der Waals surface area contributed by atoms with Crippen molar-refractivity contribution in [3.05, 3.63) is 48.0 Å². The largest absolute Gasteiger partial charge is 0.298 e. The molecule has 5 aliphatic rings. The van der Waals surface area contributed by atoms with Crippen LogP contribution in [0.2, 0.25) is 0 Å². The van der Waals surface area contributed by atoms with E-state index in [4.69, 9.17) is 0 Å². The highest BCUT2D eigenvalue weighted by Gasteiger charge is 2.67. The maximum atomic E-state index is 2.88. The van der Waals surface area contributed by atoms with E-state index in [9.17, 15) is 0 Å². The molecule has 0 radical (unpaired) electrons. The van der Waals surface area contributed by atoms with Crippen LogP contribution in [-0.2, 0) is 6.54 Å². The highest BCUT2D eigenvalue weighted by Crippen LogP contribution is 2.71. The Kier molecular flexibility index (Phi) is 2.91. The second-order valence-electron chi connectivity index (χ2n) is 9.09. The Morgan fingerprint density at radius 3 is 2.62 bits per heavy atom. The molecular weight excluding hydrogens is 292 g/mol. The summed E-state index contributed by atoms with van der Waals surface area (Å²) in [5.74, 6) is 4.00. The zero-order valence-electron chi connectivity index (χ0n) is 14.5. The minimum absolute atomic E-state index is 0.705. The highest BCUT2D eigenvalue weighted by atomic mass is 15.3. The molecule has 2 heterocycles. The van der Waals surface area contributed by atoms with Crippen molar-refractivity contribution >= 4 is 0 Å². The zero-order chi connectivity index (χ0) is 15.7. The van der Waals surface area contributed by atoms with Crippen molar-refractivity contribution < 1.29 is 0 Å². The number of hydrogen-bond acceptors (Lipinski definition) is 2. The molecule has 0 N–H and O–H groups in total. The lowest BCUT2D eigenvalue weighted by molar-refractivity contribution is 0.0341. The topological polar surface area (TPSA) is 6.48 Å². The Bertz CT molecular complexity index is 668. The molecular formula is C22H28N2. The molecule has 1 spiro atoms. The van der Waals surface area contributed by atoms with Gasteiger partial charge in [0.05, 0.1) is 0 Å². The summed E-state index contributed by atoms with van der Waals surface area (Å²) in [4.78, 5) is 5.56. The molecule has 2 aliphatic heterocycles. The van der Waals surface area contributed by atoms with Crippen LogP contribution in [0.4, 0.5) is 0 Å². The van der Waals surface area contributed by atoms with E-state index in [1.165, 1.54) is 51.0 Å². The number of benzene rings is 1. The number of hydrogen-bond donors (Lipinski definition) is 0. The SMILES string of the molecule is C1=CC23CC[C@H]2[C@@H]2CN([C@@H]4CCN(Cc5ccccc5)C4)C[C@@H]2[C@H]13. The summed E-state index contributed by atoms with van der Waals surface area (Å²) in [5, 5.41) is 0. The fourth-order valence-corrected chi connectivity index (χ4v) is 6.96. The Morgan fingerprint density at radius 1 is 1.00 bits per heavy atom. The fourth-order valence-electron chi connectivity index (χ4n) is 6.96. The zero-order valence-corrected chi connectivity index (χ0v) is 14.5. The van der Waals surface area contributed by atoms with Gasteiger partial charge < -0.3 is 0 Å². The van der Waals surface area contributed by atoms with Crippen LogP contribution in [0.3, 0.4) is 0 Å². The van der Waals surface area contributed by atoms with Crippen molar-refractivity contribution in [1.29, 1.82) is 0 Å². The van der Waals surface area contributed by atoms with Gasteiger partial charge in [-0.15, -0.1) is 0 Å².